The van der Waals surface area contributed by atoms with Crippen LogP contribution in [-0.2, 0) is 4.74 Å². The van der Waals surface area contributed by atoms with Gasteiger partial charge in [-0.05, 0) is 39.2 Å². The van der Waals surface area contributed by atoms with E-state index in [-0.39, 0.29) is 0 Å². The summed E-state index contributed by atoms with van der Waals surface area (Å²) in [7, 11) is 1.73. The van der Waals surface area contributed by atoms with Crippen molar-refractivity contribution in [3.63, 3.8) is 0 Å². The minimum atomic E-state index is -0.549. The number of rotatable bonds is 9. The molecule has 0 aliphatic carbocycles. The second-order valence-electron chi connectivity index (χ2n) is 4.08. The minimum absolute atomic E-state index is 0.549. The Bertz CT molecular complexity index is 126. The molecule has 0 aliphatic heterocycles. The second kappa shape index (κ2) is 8.21. The summed E-state index contributed by atoms with van der Waals surface area (Å²) in [4.78, 5) is 0. The summed E-state index contributed by atoms with van der Waals surface area (Å²) >= 11 is 0. The summed E-state index contributed by atoms with van der Waals surface area (Å²) in [6, 6.07) is 0. The van der Waals surface area contributed by atoms with Crippen molar-refractivity contribution in [1.29, 1.82) is 0 Å². The van der Waals surface area contributed by atoms with Crippen molar-refractivity contribution in [2.75, 3.05) is 26.8 Å². The lowest BCUT2D eigenvalue weighted by Crippen LogP contribution is -2.37. The van der Waals surface area contributed by atoms with Gasteiger partial charge in [0.1, 0.15) is 0 Å². The third-order valence-corrected chi connectivity index (χ3v) is 2.47. The van der Waals surface area contributed by atoms with Gasteiger partial charge in [-0.3, -0.25) is 0 Å². The first-order valence-corrected chi connectivity index (χ1v) is 5.54. The number of hydrogen-bond donors (Lipinski definition) is 2. The lowest BCUT2D eigenvalue weighted by molar-refractivity contribution is 0.0559. The summed E-state index contributed by atoms with van der Waals surface area (Å²) in [6.07, 6.45) is 4.27. The molecule has 1 unspecified atom stereocenters. The second-order valence-corrected chi connectivity index (χ2v) is 4.08. The zero-order chi connectivity index (χ0) is 10.9. The highest BCUT2D eigenvalue weighted by atomic mass is 16.5. The fraction of sp³-hybridized carbons (Fsp3) is 1.00. The fourth-order valence-electron chi connectivity index (χ4n) is 1.16. The van der Waals surface area contributed by atoms with E-state index in [1.54, 1.807) is 7.11 Å². The molecule has 0 saturated carbocycles. The molecule has 0 aromatic carbocycles. The molecule has 86 valence electrons. The zero-order valence-corrected chi connectivity index (χ0v) is 9.81. The Hall–Kier alpha value is -0.120. The highest BCUT2D eigenvalue weighted by Crippen LogP contribution is 2.05. The molecule has 3 nitrogen and oxygen atoms in total. The van der Waals surface area contributed by atoms with Crippen molar-refractivity contribution in [2.45, 2.75) is 45.1 Å². The minimum Gasteiger partial charge on any atom is -0.389 e. The van der Waals surface area contributed by atoms with Crippen molar-refractivity contribution in [1.82, 2.24) is 5.32 Å². The smallest absolute Gasteiger partial charge is 0.0740 e. The molecule has 0 rings (SSSR count). The molecule has 0 spiro atoms. The van der Waals surface area contributed by atoms with Gasteiger partial charge >= 0.3 is 0 Å². The molecule has 0 bridgehead atoms. The van der Waals surface area contributed by atoms with E-state index < -0.39 is 5.60 Å². The quantitative estimate of drug-likeness (QED) is 0.559. The molecule has 0 aromatic rings. The van der Waals surface area contributed by atoms with Crippen molar-refractivity contribution < 1.29 is 9.84 Å². The van der Waals surface area contributed by atoms with E-state index in [1.165, 1.54) is 6.42 Å². The van der Waals surface area contributed by atoms with E-state index in [2.05, 4.69) is 5.32 Å². The molecular formula is C11H25NO2. The van der Waals surface area contributed by atoms with E-state index in [1.807, 2.05) is 13.8 Å². The molecule has 1 atom stereocenters. The predicted molar refractivity (Wildman–Crippen MR) is 59.5 cm³/mol. The monoisotopic (exact) mass is 203 g/mol. The molecular weight excluding hydrogens is 178 g/mol. The number of aliphatic hydroxyl groups is 1. The highest BCUT2D eigenvalue weighted by molar-refractivity contribution is 4.72. The predicted octanol–water partition coefficient (Wildman–Crippen LogP) is 1.55. The third kappa shape index (κ3) is 8.48. The van der Waals surface area contributed by atoms with Crippen LogP contribution >= 0.6 is 0 Å². The average Bonchev–Trinajstić information content (AvgIpc) is 2.16. The first kappa shape index (κ1) is 13.9. The number of hydrogen-bond acceptors (Lipinski definition) is 3. The average molecular weight is 203 g/mol. The number of methoxy groups -OCH3 is 1. The maximum atomic E-state index is 9.68. The number of ether oxygens (including phenoxy) is 1. The van der Waals surface area contributed by atoms with E-state index in [9.17, 15) is 5.11 Å². The Balaban J connectivity index is 3.13. The molecule has 0 fully saturated rings. The molecule has 0 radical (unpaired) electrons. The van der Waals surface area contributed by atoms with Crippen molar-refractivity contribution >= 4 is 0 Å². The molecule has 0 aromatic heterocycles. The normalized spacial score (nSPS) is 15.4. The van der Waals surface area contributed by atoms with Gasteiger partial charge in [0.25, 0.3) is 0 Å². The summed E-state index contributed by atoms with van der Waals surface area (Å²) in [6.45, 7) is 6.39. The summed E-state index contributed by atoms with van der Waals surface area (Å²) in [5.74, 6) is 0. The van der Waals surface area contributed by atoms with Gasteiger partial charge in [0.15, 0.2) is 0 Å². The van der Waals surface area contributed by atoms with Crippen LogP contribution in [0.5, 0.6) is 0 Å². The van der Waals surface area contributed by atoms with Gasteiger partial charge in [-0.2, -0.15) is 0 Å². The van der Waals surface area contributed by atoms with Gasteiger partial charge in [-0.1, -0.05) is 6.92 Å². The molecule has 2 N–H and O–H groups in total. The largest absolute Gasteiger partial charge is 0.389 e. The van der Waals surface area contributed by atoms with E-state index in [0.717, 1.165) is 32.4 Å². The summed E-state index contributed by atoms with van der Waals surface area (Å²) in [5.41, 5.74) is -0.549. The van der Waals surface area contributed by atoms with Gasteiger partial charge in [0.05, 0.1) is 5.60 Å². The first-order valence-electron chi connectivity index (χ1n) is 5.54. The van der Waals surface area contributed by atoms with Crippen LogP contribution in [0.15, 0.2) is 0 Å². The molecule has 0 saturated heterocycles. The van der Waals surface area contributed by atoms with Crippen molar-refractivity contribution in [2.24, 2.45) is 0 Å². The van der Waals surface area contributed by atoms with E-state index in [4.69, 9.17) is 4.74 Å². The van der Waals surface area contributed by atoms with Crippen LogP contribution in [0.3, 0.4) is 0 Å². The van der Waals surface area contributed by atoms with E-state index >= 15 is 0 Å². The lowest BCUT2D eigenvalue weighted by atomic mass is 10.0. The topological polar surface area (TPSA) is 41.5 Å². The molecule has 14 heavy (non-hydrogen) atoms. The molecule has 0 aliphatic rings. The van der Waals surface area contributed by atoms with Gasteiger partial charge in [-0.15, -0.1) is 0 Å². The SMILES string of the molecule is CCC(C)(O)CNCCCCCOC. The Kier molecular flexibility index (Phi) is 8.14. The fourth-order valence-corrected chi connectivity index (χ4v) is 1.16. The van der Waals surface area contributed by atoms with Crippen LogP contribution in [-0.4, -0.2) is 37.5 Å². The Labute approximate surface area is 87.8 Å². The maximum absolute atomic E-state index is 9.68. The van der Waals surface area contributed by atoms with Gasteiger partial charge in [0, 0.05) is 20.3 Å². The van der Waals surface area contributed by atoms with Gasteiger partial charge in [-0.25, -0.2) is 0 Å². The summed E-state index contributed by atoms with van der Waals surface area (Å²) in [5, 5.41) is 12.9. The van der Waals surface area contributed by atoms with Crippen LogP contribution in [0.4, 0.5) is 0 Å². The number of unbranched alkanes of at least 4 members (excludes halogenated alkanes) is 2. The van der Waals surface area contributed by atoms with Crippen molar-refractivity contribution in [3.8, 4) is 0 Å². The summed E-state index contributed by atoms with van der Waals surface area (Å²) < 4.78 is 4.96. The van der Waals surface area contributed by atoms with Crippen LogP contribution in [0.25, 0.3) is 0 Å². The van der Waals surface area contributed by atoms with Gasteiger partial charge in [0.2, 0.25) is 0 Å². The van der Waals surface area contributed by atoms with Crippen molar-refractivity contribution in [3.05, 3.63) is 0 Å². The maximum Gasteiger partial charge on any atom is 0.0740 e. The number of nitrogens with one attached hydrogen (secondary N) is 1. The van der Waals surface area contributed by atoms with Crippen LogP contribution < -0.4 is 5.32 Å². The van der Waals surface area contributed by atoms with Gasteiger partial charge < -0.3 is 15.2 Å². The Morgan fingerprint density at radius 1 is 1.29 bits per heavy atom. The Morgan fingerprint density at radius 2 is 2.00 bits per heavy atom. The standard InChI is InChI=1S/C11H25NO2/c1-4-11(2,13)10-12-8-6-5-7-9-14-3/h12-13H,4-10H2,1-3H3. The third-order valence-electron chi connectivity index (χ3n) is 2.47. The van der Waals surface area contributed by atoms with Crippen LogP contribution in [0, 0.1) is 0 Å². The molecule has 0 amide bonds. The first-order chi connectivity index (χ1) is 6.62. The van der Waals surface area contributed by atoms with E-state index in [0.29, 0.717) is 6.54 Å². The lowest BCUT2D eigenvalue weighted by Gasteiger charge is -2.21. The highest BCUT2D eigenvalue weighted by Gasteiger charge is 2.15. The zero-order valence-electron chi connectivity index (χ0n) is 9.81. The Morgan fingerprint density at radius 3 is 2.57 bits per heavy atom. The van der Waals surface area contributed by atoms with Crippen LogP contribution in [0.2, 0.25) is 0 Å². The van der Waals surface area contributed by atoms with Crippen LogP contribution in [0.1, 0.15) is 39.5 Å². The molecule has 0 heterocycles. The molecule has 3 heteroatoms.